The van der Waals surface area contributed by atoms with E-state index in [4.69, 9.17) is 5.73 Å². The summed E-state index contributed by atoms with van der Waals surface area (Å²) in [6.07, 6.45) is 0. The maximum absolute atomic E-state index is 5.99. The summed E-state index contributed by atoms with van der Waals surface area (Å²) >= 11 is 0. The highest BCUT2D eigenvalue weighted by Crippen LogP contribution is 2.15. The van der Waals surface area contributed by atoms with Gasteiger partial charge in [-0.2, -0.15) is 0 Å². The molecule has 0 aromatic heterocycles. The van der Waals surface area contributed by atoms with Crippen LogP contribution in [0.5, 0.6) is 0 Å². The SMILES string of the molecule is CCN(C(N)=NC(C)C)c1cccc(C)c1. The van der Waals surface area contributed by atoms with E-state index in [9.17, 15) is 0 Å². The van der Waals surface area contributed by atoms with Crippen LogP contribution in [0, 0.1) is 6.92 Å². The van der Waals surface area contributed by atoms with Crippen LogP contribution < -0.4 is 10.6 Å². The third-order valence-electron chi connectivity index (χ3n) is 2.30. The van der Waals surface area contributed by atoms with Gasteiger partial charge >= 0.3 is 0 Å². The molecule has 0 atom stereocenters. The third-order valence-corrected chi connectivity index (χ3v) is 2.30. The summed E-state index contributed by atoms with van der Waals surface area (Å²) in [7, 11) is 0. The van der Waals surface area contributed by atoms with Crippen LogP contribution in [0.25, 0.3) is 0 Å². The Kier molecular flexibility index (Phi) is 4.35. The Morgan fingerprint density at radius 1 is 1.44 bits per heavy atom. The fraction of sp³-hybridized carbons (Fsp3) is 0.462. The average molecular weight is 219 g/mol. The lowest BCUT2D eigenvalue weighted by molar-refractivity contribution is 0.824. The van der Waals surface area contributed by atoms with Gasteiger partial charge in [0.1, 0.15) is 0 Å². The number of rotatable bonds is 3. The quantitative estimate of drug-likeness (QED) is 0.627. The summed E-state index contributed by atoms with van der Waals surface area (Å²) in [4.78, 5) is 6.40. The molecule has 3 heteroatoms. The van der Waals surface area contributed by atoms with Crippen molar-refractivity contribution in [3.63, 3.8) is 0 Å². The Morgan fingerprint density at radius 2 is 2.12 bits per heavy atom. The molecule has 1 rings (SSSR count). The van der Waals surface area contributed by atoms with E-state index in [0.29, 0.717) is 5.96 Å². The maximum Gasteiger partial charge on any atom is 0.196 e. The van der Waals surface area contributed by atoms with Gasteiger partial charge in [-0.05, 0) is 45.4 Å². The van der Waals surface area contributed by atoms with Crippen molar-refractivity contribution in [2.75, 3.05) is 11.4 Å². The zero-order valence-electron chi connectivity index (χ0n) is 10.6. The molecule has 1 aromatic carbocycles. The van der Waals surface area contributed by atoms with Gasteiger partial charge < -0.3 is 10.6 Å². The predicted octanol–water partition coefficient (Wildman–Crippen LogP) is 2.54. The summed E-state index contributed by atoms with van der Waals surface area (Å²) in [5.74, 6) is 0.586. The molecule has 0 fully saturated rings. The Hall–Kier alpha value is -1.51. The second-order valence-corrected chi connectivity index (χ2v) is 4.16. The van der Waals surface area contributed by atoms with Gasteiger partial charge in [-0.3, -0.25) is 4.99 Å². The normalized spacial score (nSPS) is 11.9. The van der Waals surface area contributed by atoms with Crippen LogP contribution in [-0.4, -0.2) is 18.5 Å². The van der Waals surface area contributed by atoms with E-state index < -0.39 is 0 Å². The Bertz CT molecular complexity index is 369. The molecule has 0 heterocycles. The largest absolute Gasteiger partial charge is 0.370 e. The Labute approximate surface area is 98.0 Å². The van der Waals surface area contributed by atoms with Gasteiger partial charge in [0.05, 0.1) is 0 Å². The molecule has 0 aliphatic rings. The summed E-state index contributed by atoms with van der Waals surface area (Å²) in [6.45, 7) is 9.03. The fourth-order valence-corrected chi connectivity index (χ4v) is 1.61. The topological polar surface area (TPSA) is 41.6 Å². The molecule has 1 aromatic rings. The van der Waals surface area contributed by atoms with E-state index in [2.05, 4.69) is 37.0 Å². The summed E-state index contributed by atoms with van der Waals surface area (Å²) in [5, 5.41) is 0. The summed E-state index contributed by atoms with van der Waals surface area (Å²) in [5.41, 5.74) is 8.32. The van der Waals surface area contributed by atoms with Gasteiger partial charge in [0.15, 0.2) is 5.96 Å². The minimum atomic E-state index is 0.221. The zero-order valence-corrected chi connectivity index (χ0v) is 10.6. The number of nitrogens with zero attached hydrogens (tertiary/aromatic N) is 2. The highest BCUT2D eigenvalue weighted by atomic mass is 15.3. The van der Waals surface area contributed by atoms with Crippen LogP contribution in [0.15, 0.2) is 29.3 Å². The van der Waals surface area contributed by atoms with Crippen molar-refractivity contribution in [3.8, 4) is 0 Å². The first-order valence-corrected chi connectivity index (χ1v) is 5.72. The number of hydrogen-bond donors (Lipinski definition) is 1. The van der Waals surface area contributed by atoms with Gasteiger partial charge in [-0.1, -0.05) is 12.1 Å². The van der Waals surface area contributed by atoms with Crippen molar-refractivity contribution < 1.29 is 0 Å². The van der Waals surface area contributed by atoms with Gasteiger partial charge in [0, 0.05) is 18.3 Å². The summed E-state index contributed by atoms with van der Waals surface area (Å²) in [6, 6.07) is 8.51. The lowest BCUT2D eigenvalue weighted by atomic mass is 10.2. The van der Waals surface area contributed by atoms with Crippen molar-refractivity contribution in [1.29, 1.82) is 0 Å². The van der Waals surface area contributed by atoms with Gasteiger partial charge in [0.25, 0.3) is 0 Å². The van der Waals surface area contributed by atoms with Crippen LogP contribution in [0.1, 0.15) is 26.3 Å². The second-order valence-electron chi connectivity index (χ2n) is 4.16. The first-order chi connectivity index (χ1) is 7.54. The lowest BCUT2D eigenvalue weighted by Crippen LogP contribution is -2.38. The number of nitrogens with two attached hydrogens (primary N) is 1. The van der Waals surface area contributed by atoms with Gasteiger partial charge in [-0.15, -0.1) is 0 Å². The number of guanidine groups is 1. The number of aryl methyl sites for hydroxylation is 1. The molecule has 16 heavy (non-hydrogen) atoms. The van der Waals surface area contributed by atoms with E-state index >= 15 is 0 Å². The number of hydrogen-bond acceptors (Lipinski definition) is 1. The molecular weight excluding hydrogens is 198 g/mol. The van der Waals surface area contributed by atoms with E-state index in [1.165, 1.54) is 5.56 Å². The van der Waals surface area contributed by atoms with Crippen molar-refractivity contribution >= 4 is 11.6 Å². The molecule has 0 amide bonds. The number of benzene rings is 1. The average Bonchev–Trinajstić information content (AvgIpc) is 2.17. The van der Waals surface area contributed by atoms with Crippen molar-refractivity contribution in [2.45, 2.75) is 33.7 Å². The van der Waals surface area contributed by atoms with Crippen LogP contribution in [0.2, 0.25) is 0 Å². The summed E-state index contributed by atoms with van der Waals surface area (Å²) < 4.78 is 0. The zero-order chi connectivity index (χ0) is 12.1. The smallest absolute Gasteiger partial charge is 0.196 e. The van der Waals surface area contributed by atoms with E-state index in [0.717, 1.165) is 12.2 Å². The van der Waals surface area contributed by atoms with Crippen LogP contribution in [-0.2, 0) is 0 Å². The van der Waals surface area contributed by atoms with Crippen LogP contribution >= 0.6 is 0 Å². The predicted molar refractivity (Wildman–Crippen MR) is 71.0 cm³/mol. The minimum Gasteiger partial charge on any atom is -0.370 e. The van der Waals surface area contributed by atoms with Crippen LogP contribution in [0.3, 0.4) is 0 Å². The molecule has 0 spiro atoms. The Morgan fingerprint density at radius 3 is 2.62 bits per heavy atom. The second kappa shape index (κ2) is 5.54. The van der Waals surface area contributed by atoms with Crippen molar-refractivity contribution in [3.05, 3.63) is 29.8 Å². The molecule has 0 aliphatic heterocycles. The van der Waals surface area contributed by atoms with Crippen LogP contribution in [0.4, 0.5) is 5.69 Å². The molecule has 3 nitrogen and oxygen atoms in total. The number of aliphatic imine (C=N–C) groups is 1. The van der Waals surface area contributed by atoms with E-state index in [1.807, 2.05) is 24.8 Å². The van der Waals surface area contributed by atoms with Gasteiger partial charge in [0.2, 0.25) is 0 Å². The molecule has 2 N–H and O–H groups in total. The molecule has 88 valence electrons. The highest BCUT2D eigenvalue weighted by Gasteiger charge is 2.08. The standard InChI is InChI=1S/C13H21N3/c1-5-16(13(14)15-10(2)3)12-8-6-7-11(4)9-12/h6-10H,5H2,1-4H3,(H2,14,15). The maximum atomic E-state index is 5.99. The molecule has 0 aliphatic carbocycles. The third kappa shape index (κ3) is 3.26. The van der Waals surface area contributed by atoms with Gasteiger partial charge in [-0.25, -0.2) is 0 Å². The van der Waals surface area contributed by atoms with Crippen molar-refractivity contribution in [2.24, 2.45) is 10.7 Å². The Balaban J connectivity index is 2.98. The fourth-order valence-electron chi connectivity index (χ4n) is 1.61. The first-order valence-electron chi connectivity index (χ1n) is 5.72. The molecule has 0 unspecified atom stereocenters. The first kappa shape index (κ1) is 12.6. The highest BCUT2D eigenvalue weighted by molar-refractivity contribution is 5.94. The number of anilines is 1. The van der Waals surface area contributed by atoms with Crippen molar-refractivity contribution in [1.82, 2.24) is 0 Å². The lowest BCUT2D eigenvalue weighted by Gasteiger charge is -2.22. The molecule has 0 saturated carbocycles. The molecule has 0 saturated heterocycles. The molecule has 0 bridgehead atoms. The monoisotopic (exact) mass is 219 g/mol. The minimum absolute atomic E-state index is 0.221. The van der Waals surface area contributed by atoms with E-state index in [1.54, 1.807) is 0 Å². The van der Waals surface area contributed by atoms with E-state index in [-0.39, 0.29) is 6.04 Å². The molecular formula is C13H21N3. The molecule has 0 radical (unpaired) electrons.